The molecule has 1 rings (SSSR count). The van der Waals surface area contributed by atoms with Gasteiger partial charge in [-0.05, 0) is 0 Å². The smallest absolute Gasteiger partial charge is 0.0963 e. The van der Waals surface area contributed by atoms with Gasteiger partial charge in [0, 0.05) is 6.42 Å². The highest BCUT2D eigenvalue weighted by atomic mass is 16.5. The van der Waals surface area contributed by atoms with E-state index in [1.807, 2.05) is 5.32 Å². The lowest BCUT2D eigenvalue weighted by Gasteiger charge is -2.03. The first kappa shape index (κ1) is 5.06. The number of nitrogens with two attached hydrogens (primary N) is 1. The quantitative estimate of drug-likeness (QED) is 0.427. The molecule has 0 saturated carbocycles. The predicted octanol–water partition coefficient (Wildman–Crippen LogP) is -0.870. The van der Waals surface area contributed by atoms with Gasteiger partial charge in [0.05, 0.1) is 19.3 Å². The van der Waals surface area contributed by atoms with E-state index in [9.17, 15) is 0 Å². The molecule has 0 amide bonds. The largest absolute Gasteiger partial charge is 0.474 e. The van der Waals surface area contributed by atoms with E-state index in [-0.39, 0.29) is 0 Å². The Morgan fingerprint density at radius 3 is 2.86 bits per heavy atom. The molecule has 0 aromatic heterocycles. The second-order valence-electron chi connectivity index (χ2n) is 1.86. The minimum Gasteiger partial charge on any atom is -0.474 e. The molecule has 2 N–H and O–H groups in total. The topological polar surface area (TPSA) is 25.8 Å². The monoisotopic (exact) mass is 101 g/mol. The molecule has 0 bridgehead atoms. The summed E-state index contributed by atoms with van der Waals surface area (Å²) in [5.74, 6) is 0. The van der Waals surface area contributed by atoms with Gasteiger partial charge in [0.15, 0.2) is 0 Å². The Kier molecular flexibility index (Phi) is 1.65. The van der Waals surface area contributed by atoms with Gasteiger partial charge in [0.1, 0.15) is 0 Å². The van der Waals surface area contributed by atoms with Gasteiger partial charge in [0.25, 0.3) is 0 Å². The van der Waals surface area contributed by atoms with Gasteiger partial charge < -0.3 is 10.1 Å². The fourth-order valence-electron chi connectivity index (χ4n) is 0.739. The average molecular weight is 101 g/mol. The van der Waals surface area contributed by atoms with E-state index in [0.717, 1.165) is 13.2 Å². The summed E-state index contributed by atoms with van der Waals surface area (Å²) in [6.07, 6.45) is 1.17. The number of quaternary nitrogens is 1. The number of hydrogen-bond acceptors (Lipinski definition) is 1. The summed E-state index contributed by atoms with van der Waals surface area (Å²) in [5.41, 5.74) is 0. The Hall–Kier alpha value is -0.0800. The van der Waals surface area contributed by atoms with Gasteiger partial charge in [-0.2, -0.15) is 7.05 Å². The highest BCUT2D eigenvalue weighted by molar-refractivity contribution is 4.58. The molecule has 0 aliphatic carbocycles. The zero-order valence-electron chi connectivity index (χ0n) is 4.39. The summed E-state index contributed by atoms with van der Waals surface area (Å²) in [6.45, 7) is 1.82. The molecule has 2 nitrogen and oxygen atoms in total. The summed E-state index contributed by atoms with van der Waals surface area (Å²) in [7, 11) is 3.66. The lowest BCUT2D eigenvalue weighted by Crippen LogP contribution is -2.84. The fourth-order valence-corrected chi connectivity index (χ4v) is 0.739. The first-order valence-electron chi connectivity index (χ1n) is 2.64. The van der Waals surface area contributed by atoms with Crippen LogP contribution in [0.4, 0.5) is 0 Å². The third-order valence-corrected chi connectivity index (χ3v) is 1.30. The number of rotatable bonds is 1. The molecule has 0 aromatic rings. The van der Waals surface area contributed by atoms with Crippen molar-refractivity contribution in [3.63, 3.8) is 0 Å². The Balaban J connectivity index is 2.14. The Morgan fingerprint density at radius 1 is 1.71 bits per heavy atom. The van der Waals surface area contributed by atoms with Crippen LogP contribution in [0, 0.1) is 7.05 Å². The molecular formula is C5H11NO. The Bertz CT molecular complexity index is 50.0. The first-order chi connectivity index (χ1) is 3.43. The average Bonchev–Trinajstić information content (AvgIpc) is 2.14. The molecule has 2 heteroatoms. The van der Waals surface area contributed by atoms with Gasteiger partial charge in [-0.3, -0.25) is 0 Å². The third kappa shape index (κ3) is 1.14. The van der Waals surface area contributed by atoms with Crippen molar-refractivity contribution in [3.05, 3.63) is 7.05 Å². The van der Waals surface area contributed by atoms with E-state index in [0.29, 0.717) is 6.04 Å². The first-order valence-corrected chi connectivity index (χ1v) is 2.64. The third-order valence-electron chi connectivity index (χ3n) is 1.30. The molecule has 7 heavy (non-hydrogen) atoms. The number of hydrogen-bond donors (Lipinski definition) is 1. The van der Waals surface area contributed by atoms with Crippen LogP contribution in [0.1, 0.15) is 6.42 Å². The van der Waals surface area contributed by atoms with Gasteiger partial charge >= 0.3 is 0 Å². The van der Waals surface area contributed by atoms with Crippen LogP contribution in [0.5, 0.6) is 0 Å². The second kappa shape index (κ2) is 2.28. The van der Waals surface area contributed by atoms with Crippen molar-refractivity contribution in [2.45, 2.75) is 12.5 Å². The van der Waals surface area contributed by atoms with Crippen LogP contribution in [0.15, 0.2) is 0 Å². The molecule has 1 aliphatic heterocycles. The molecular weight excluding hydrogens is 90.1 g/mol. The maximum Gasteiger partial charge on any atom is 0.0963 e. The van der Waals surface area contributed by atoms with E-state index in [1.165, 1.54) is 6.42 Å². The molecule has 0 radical (unpaired) electrons. The van der Waals surface area contributed by atoms with Gasteiger partial charge in [-0.15, -0.1) is 0 Å². The van der Waals surface area contributed by atoms with Gasteiger partial charge in [0.2, 0.25) is 0 Å². The van der Waals surface area contributed by atoms with E-state index in [1.54, 1.807) is 0 Å². The molecule has 1 unspecified atom stereocenters. The minimum atomic E-state index is 0.639. The fraction of sp³-hybridized carbons (Fsp3) is 0.800. The van der Waals surface area contributed by atoms with Crippen LogP contribution in [-0.4, -0.2) is 19.3 Å². The van der Waals surface area contributed by atoms with Crippen LogP contribution in [-0.2, 0) is 4.74 Å². The van der Waals surface area contributed by atoms with Crippen molar-refractivity contribution in [2.24, 2.45) is 0 Å². The van der Waals surface area contributed by atoms with Crippen molar-refractivity contribution in [2.75, 3.05) is 13.2 Å². The minimum absolute atomic E-state index is 0.639. The summed E-state index contributed by atoms with van der Waals surface area (Å²) >= 11 is 0. The zero-order valence-corrected chi connectivity index (χ0v) is 4.39. The predicted molar refractivity (Wildman–Crippen MR) is 26.5 cm³/mol. The summed E-state index contributed by atoms with van der Waals surface area (Å²) in [6, 6.07) is 0.639. The maximum absolute atomic E-state index is 5.08. The number of ether oxygens (including phenoxy) is 1. The zero-order chi connectivity index (χ0) is 5.11. The molecule has 1 fully saturated rings. The molecule has 0 aromatic carbocycles. The highest BCUT2D eigenvalue weighted by Crippen LogP contribution is 1.97. The summed E-state index contributed by atoms with van der Waals surface area (Å²) in [5, 5.41) is 1.97. The summed E-state index contributed by atoms with van der Waals surface area (Å²) in [4.78, 5) is 0. The lowest BCUT2D eigenvalue weighted by molar-refractivity contribution is -0.631. The normalized spacial score (nSPS) is 31.3. The van der Waals surface area contributed by atoms with Crippen LogP contribution in [0.3, 0.4) is 0 Å². The van der Waals surface area contributed by atoms with Crippen molar-refractivity contribution in [3.8, 4) is 0 Å². The molecule has 1 aliphatic rings. The van der Waals surface area contributed by atoms with E-state index >= 15 is 0 Å². The SMILES string of the molecule is [CH2-][NH2+]C1CCOC1. The highest BCUT2D eigenvalue weighted by Gasteiger charge is 2.12. The molecule has 1 atom stereocenters. The van der Waals surface area contributed by atoms with Crippen molar-refractivity contribution in [1.29, 1.82) is 0 Å². The molecule has 0 spiro atoms. The van der Waals surface area contributed by atoms with Crippen molar-refractivity contribution < 1.29 is 10.1 Å². The summed E-state index contributed by atoms with van der Waals surface area (Å²) < 4.78 is 5.08. The molecule has 1 heterocycles. The molecule has 42 valence electrons. The van der Waals surface area contributed by atoms with Crippen molar-refractivity contribution in [1.82, 2.24) is 0 Å². The van der Waals surface area contributed by atoms with Crippen LogP contribution >= 0.6 is 0 Å². The Labute approximate surface area is 43.9 Å². The van der Waals surface area contributed by atoms with E-state index < -0.39 is 0 Å². The lowest BCUT2D eigenvalue weighted by atomic mass is 10.3. The van der Waals surface area contributed by atoms with Crippen LogP contribution in [0.25, 0.3) is 0 Å². The Morgan fingerprint density at radius 2 is 2.57 bits per heavy atom. The van der Waals surface area contributed by atoms with E-state index in [4.69, 9.17) is 4.74 Å². The van der Waals surface area contributed by atoms with E-state index in [2.05, 4.69) is 7.05 Å². The van der Waals surface area contributed by atoms with Crippen molar-refractivity contribution >= 4 is 0 Å². The molecule has 1 saturated heterocycles. The second-order valence-corrected chi connectivity index (χ2v) is 1.86. The maximum atomic E-state index is 5.08. The van der Waals surface area contributed by atoms with Gasteiger partial charge in [-0.1, -0.05) is 0 Å². The standard InChI is InChI=1S/C5H11NO/c1-6-5-2-3-7-4-5/h5H,1-4,6H2. The van der Waals surface area contributed by atoms with Gasteiger partial charge in [-0.25, -0.2) is 0 Å². The van der Waals surface area contributed by atoms with Crippen LogP contribution < -0.4 is 5.32 Å². The van der Waals surface area contributed by atoms with Crippen LogP contribution in [0.2, 0.25) is 0 Å².